The largest absolute Gasteiger partial charge is 0.371 e. The van der Waals surface area contributed by atoms with E-state index in [2.05, 4.69) is 38.2 Å². The molecule has 1 aromatic rings. The van der Waals surface area contributed by atoms with Crippen molar-refractivity contribution in [2.45, 2.75) is 39.3 Å². The highest BCUT2D eigenvalue weighted by atomic mass is 32.1. The Kier molecular flexibility index (Phi) is 4.00. The fourth-order valence-electron chi connectivity index (χ4n) is 2.13. The Hall–Kier alpha value is -0.380. The van der Waals surface area contributed by atoms with Crippen molar-refractivity contribution >= 4 is 11.3 Å². The molecule has 16 heavy (non-hydrogen) atoms. The van der Waals surface area contributed by atoms with Crippen LogP contribution in [0, 0.1) is 12.8 Å². The minimum atomic E-state index is 0.252. The number of thiophene rings is 1. The normalized spacial score (nSPS) is 27.0. The van der Waals surface area contributed by atoms with Crippen LogP contribution in [0.25, 0.3) is 0 Å². The van der Waals surface area contributed by atoms with E-state index in [4.69, 9.17) is 4.74 Å². The molecule has 2 unspecified atom stereocenters. The number of hydrogen-bond acceptors (Lipinski definition) is 3. The van der Waals surface area contributed by atoms with Crippen molar-refractivity contribution in [1.29, 1.82) is 0 Å². The van der Waals surface area contributed by atoms with Crippen molar-refractivity contribution in [3.05, 3.63) is 21.9 Å². The summed E-state index contributed by atoms with van der Waals surface area (Å²) in [6.45, 7) is 8.51. The molecule has 2 nitrogen and oxygen atoms in total. The lowest BCUT2D eigenvalue weighted by molar-refractivity contribution is 0.0685. The van der Waals surface area contributed by atoms with Crippen molar-refractivity contribution in [2.24, 2.45) is 5.92 Å². The van der Waals surface area contributed by atoms with E-state index in [0.717, 1.165) is 19.6 Å². The first-order chi connectivity index (χ1) is 7.66. The standard InChI is InChI=1S/C13H21NOS/c1-9(2)11-6-7-15-12(8-14-11)13-5-4-10(3)16-13/h4-5,9,11-12,14H,6-8H2,1-3H3. The molecule has 0 amide bonds. The fraction of sp³-hybridized carbons (Fsp3) is 0.692. The monoisotopic (exact) mass is 239 g/mol. The predicted octanol–water partition coefficient (Wildman–Crippen LogP) is 3.13. The maximum Gasteiger partial charge on any atom is 0.104 e. The fourth-order valence-corrected chi connectivity index (χ4v) is 3.06. The summed E-state index contributed by atoms with van der Waals surface area (Å²) < 4.78 is 5.93. The zero-order valence-corrected chi connectivity index (χ0v) is 11.1. The lowest BCUT2D eigenvalue weighted by Crippen LogP contribution is -2.34. The molecule has 1 aromatic heterocycles. The smallest absolute Gasteiger partial charge is 0.104 e. The minimum Gasteiger partial charge on any atom is -0.371 e. The van der Waals surface area contributed by atoms with Crippen LogP contribution in [0.15, 0.2) is 12.1 Å². The molecular weight excluding hydrogens is 218 g/mol. The Bertz CT molecular complexity index is 334. The Morgan fingerprint density at radius 3 is 2.88 bits per heavy atom. The predicted molar refractivity (Wildman–Crippen MR) is 69.0 cm³/mol. The highest BCUT2D eigenvalue weighted by Crippen LogP contribution is 2.27. The zero-order valence-electron chi connectivity index (χ0n) is 10.3. The topological polar surface area (TPSA) is 21.3 Å². The highest BCUT2D eigenvalue weighted by Gasteiger charge is 2.22. The van der Waals surface area contributed by atoms with E-state index in [0.29, 0.717) is 12.0 Å². The molecule has 2 atom stereocenters. The summed E-state index contributed by atoms with van der Waals surface area (Å²) in [5, 5.41) is 3.62. The zero-order chi connectivity index (χ0) is 11.5. The summed E-state index contributed by atoms with van der Waals surface area (Å²) in [4.78, 5) is 2.72. The van der Waals surface area contributed by atoms with Crippen molar-refractivity contribution in [3.63, 3.8) is 0 Å². The number of rotatable bonds is 2. The van der Waals surface area contributed by atoms with Crippen molar-refractivity contribution in [1.82, 2.24) is 5.32 Å². The van der Waals surface area contributed by atoms with Gasteiger partial charge in [0, 0.05) is 28.9 Å². The molecule has 0 radical (unpaired) electrons. The van der Waals surface area contributed by atoms with Crippen LogP contribution in [0.4, 0.5) is 0 Å². The second-order valence-electron chi connectivity index (χ2n) is 4.86. The summed E-state index contributed by atoms with van der Waals surface area (Å²) in [5.41, 5.74) is 0. The summed E-state index contributed by atoms with van der Waals surface area (Å²) >= 11 is 1.85. The molecule has 1 N–H and O–H groups in total. The third-order valence-corrected chi connectivity index (χ3v) is 4.29. The van der Waals surface area contributed by atoms with E-state index in [1.54, 1.807) is 0 Å². The summed E-state index contributed by atoms with van der Waals surface area (Å²) in [5.74, 6) is 0.687. The maximum atomic E-state index is 5.93. The molecule has 1 saturated heterocycles. The van der Waals surface area contributed by atoms with Gasteiger partial charge in [-0.2, -0.15) is 0 Å². The Morgan fingerprint density at radius 2 is 2.25 bits per heavy atom. The first kappa shape index (κ1) is 12.1. The van der Waals surface area contributed by atoms with Crippen molar-refractivity contribution in [2.75, 3.05) is 13.2 Å². The molecule has 0 saturated carbocycles. The number of nitrogens with one attached hydrogen (secondary N) is 1. The van der Waals surface area contributed by atoms with Crippen LogP contribution in [0.3, 0.4) is 0 Å². The van der Waals surface area contributed by atoms with Gasteiger partial charge in [0.2, 0.25) is 0 Å². The molecule has 1 fully saturated rings. The average molecular weight is 239 g/mol. The van der Waals surface area contributed by atoms with Crippen LogP contribution < -0.4 is 5.32 Å². The Balaban J connectivity index is 1.98. The highest BCUT2D eigenvalue weighted by molar-refractivity contribution is 7.12. The van der Waals surface area contributed by atoms with Gasteiger partial charge in [0.1, 0.15) is 6.10 Å². The third kappa shape index (κ3) is 2.84. The summed E-state index contributed by atoms with van der Waals surface area (Å²) in [6.07, 6.45) is 1.38. The number of hydrogen-bond donors (Lipinski definition) is 1. The van der Waals surface area contributed by atoms with Gasteiger partial charge in [-0.3, -0.25) is 0 Å². The van der Waals surface area contributed by atoms with Crippen LogP contribution in [-0.4, -0.2) is 19.2 Å². The van der Waals surface area contributed by atoms with Crippen LogP contribution >= 0.6 is 11.3 Å². The van der Waals surface area contributed by atoms with Crippen molar-refractivity contribution in [3.8, 4) is 0 Å². The van der Waals surface area contributed by atoms with Crippen LogP contribution in [-0.2, 0) is 4.74 Å². The minimum absolute atomic E-state index is 0.252. The van der Waals surface area contributed by atoms with Crippen molar-refractivity contribution < 1.29 is 4.74 Å². The lowest BCUT2D eigenvalue weighted by atomic mass is 10.0. The van der Waals surface area contributed by atoms with E-state index in [-0.39, 0.29) is 6.10 Å². The van der Waals surface area contributed by atoms with Gasteiger partial charge in [-0.1, -0.05) is 13.8 Å². The average Bonchev–Trinajstić information content (AvgIpc) is 2.54. The Labute approximate surface area is 102 Å². The van der Waals surface area contributed by atoms with Gasteiger partial charge in [-0.15, -0.1) is 11.3 Å². The number of ether oxygens (including phenoxy) is 1. The second-order valence-corrected chi connectivity index (χ2v) is 6.17. The molecule has 2 heterocycles. The molecule has 2 rings (SSSR count). The molecule has 0 bridgehead atoms. The van der Waals surface area contributed by atoms with E-state index < -0.39 is 0 Å². The first-order valence-electron chi connectivity index (χ1n) is 6.08. The van der Waals surface area contributed by atoms with E-state index in [1.807, 2.05) is 11.3 Å². The lowest BCUT2D eigenvalue weighted by Gasteiger charge is -2.19. The summed E-state index contributed by atoms with van der Waals surface area (Å²) in [6, 6.07) is 4.97. The SMILES string of the molecule is Cc1ccc(C2CNC(C(C)C)CCO2)s1. The molecular formula is C13H21NOS. The Morgan fingerprint density at radius 1 is 1.44 bits per heavy atom. The van der Waals surface area contributed by atoms with Gasteiger partial charge in [0.25, 0.3) is 0 Å². The van der Waals surface area contributed by atoms with Gasteiger partial charge in [-0.25, -0.2) is 0 Å². The molecule has 0 aromatic carbocycles. The van der Waals surface area contributed by atoms with E-state index >= 15 is 0 Å². The van der Waals surface area contributed by atoms with Crippen LogP contribution in [0.5, 0.6) is 0 Å². The molecule has 1 aliphatic heterocycles. The van der Waals surface area contributed by atoms with Gasteiger partial charge < -0.3 is 10.1 Å². The van der Waals surface area contributed by atoms with Gasteiger partial charge in [0.15, 0.2) is 0 Å². The second kappa shape index (κ2) is 5.30. The molecule has 90 valence electrons. The van der Waals surface area contributed by atoms with Gasteiger partial charge >= 0.3 is 0 Å². The molecule has 0 spiro atoms. The van der Waals surface area contributed by atoms with E-state index in [9.17, 15) is 0 Å². The van der Waals surface area contributed by atoms with Crippen LogP contribution in [0.1, 0.15) is 36.1 Å². The van der Waals surface area contributed by atoms with Gasteiger partial charge in [-0.05, 0) is 31.4 Å². The van der Waals surface area contributed by atoms with E-state index in [1.165, 1.54) is 9.75 Å². The molecule has 0 aliphatic carbocycles. The molecule has 1 aliphatic rings. The number of aryl methyl sites for hydroxylation is 1. The summed E-state index contributed by atoms with van der Waals surface area (Å²) in [7, 11) is 0. The quantitative estimate of drug-likeness (QED) is 0.856. The third-order valence-electron chi connectivity index (χ3n) is 3.20. The van der Waals surface area contributed by atoms with Crippen LogP contribution in [0.2, 0.25) is 0 Å². The van der Waals surface area contributed by atoms with Gasteiger partial charge in [0.05, 0.1) is 0 Å². The first-order valence-corrected chi connectivity index (χ1v) is 6.90. The maximum absolute atomic E-state index is 5.93. The molecule has 3 heteroatoms.